The van der Waals surface area contributed by atoms with Crippen LogP contribution in [0.1, 0.15) is 239 Å². The fourth-order valence-electron chi connectivity index (χ4n) is 6.47. The van der Waals surface area contributed by atoms with Crippen molar-refractivity contribution in [3.05, 3.63) is 24.3 Å². The maximum absolute atomic E-state index is 12.7. The van der Waals surface area contributed by atoms with Gasteiger partial charge in [0.15, 0.2) is 6.10 Å². The van der Waals surface area contributed by atoms with Crippen molar-refractivity contribution in [1.29, 1.82) is 0 Å². The van der Waals surface area contributed by atoms with E-state index >= 15 is 0 Å². The maximum atomic E-state index is 12.7. The quantitative estimate of drug-likeness (QED) is 0.0268. The Labute approximate surface area is 328 Å². The van der Waals surface area contributed by atoms with Crippen molar-refractivity contribution in [3.63, 3.8) is 0 Å². The third kappa shape index (κ3) is 40.9. The van der Waals surface area contributed by atoms with Gasteiger partial charge in [0.2, 0.25) is 0 Å². The minimum absolute atomic E-state index is 0.0720. The van der Waals surface area contributed by atoms with E-state index in [1.165, 1.54) is 122 Å². The molecular weight excluding hydrogens is 661 g/mol. The molecular formula is C47H86O6. The summed E-state index contributed by atoms with van der Waals surface area (Å²) in [6.07, 6.45) is 46.1. The van der Waals surface area contributed by atoms with Crippen LogP contribution < -0.4 is 0 Å². The predicted molar refractivity (Wildman–Crippen MR) is 224 cm³/mol. The Balaban J connectivity index is 4.20. The Morgan fingerprint density at radius 2 is 0.679 bits per heavy atom. The lowest BCUT2D eigenvalue weighted by Crippen LogP contribution is -2.30. The van der Waals surface area contributed by atoms with E-state index in [1.807, 2.05) is 0 Å². The average Bonchev–Trinajstić information content (AvgIpc) is 3.15. The lowest BCUT2D eigenvalue weighted by Gasteiger charge is -2.18. The highest BCUT2D eigenvalue weighted by Gasteiger charge is 2.19. The van der Waals surface area contributed by atoms with E-state index < -0.39 is 6.10 Å². The fourth-order valence-corrected chi connectivity index (χ4v) is 6.47. The van der Waals surface area contributed by atoms with Gasteiger partial charge in [0.1, 0.15) is 13.2 Å². The second-order valence-electron chi connectivity index (χ2n) is 15.3. The van der Waals surface area contributed by atoms with Gasteiger partial charge in [-0.15, -0.1) is 0 Å². The number of hydrogen-bond acceptors (Lipinski definition) is 6. The number of rotatable bonds is 41. The molecule has 0 bridgehead atoms. The molecule has 310 valence electrons. The van der Waals surface area contributed by atoms with E-state index in [9.17, 15) is 14.4 Å². The molecule has 0 aromatic heterocycles. The first-order valence-corrected chi connectivity index (χ1v) is 22.8. The zero-order valence-electron chi connectivity index (χ0n) is 35.3. The van der Waals surface area contributed by atoms with Gasteiger partial charge in [-0.2, -0.15) is 0 Å². The molecule has 0 radical (unpaired) electrons. The van der Waals surface area contributed by atoms with Crippen molar-refractivity contribution in [1.82, 2.24) is 0 Å². The Morgan fingerprint density at radius 3 is 1.08 bits per heavy atom. The molecule has 0 saturated heterocycles. The van der Waals surface area contributed by atoms with Crippen LogP contribution in [0.25, 0.3) is 0 Å². The molecule has 1 atom stereocenters. The summed E-state index contributed by atoms with van der Waals surface area (Å²) in [5, 5.41) is 0. The van der Waals surface area contributed by atoms with Gasteiger partial charge < -0.3 is 14.2 Å². The van der Waals surface area contributed by atoms with Crippen LogP contribution in [0.5, 0.6) is 0 Å². The molecule has 0 aromatic rings. The van der Waals surface area contributed by atoms with Crippen LogP contribution in [-0.4, -0.2) is 37.2 Å². The highest BCUT2D eigenvalue weighted by Crippen LogP contribution is 2.15. The molecule has 0 N–H and O–H groups in total. The molecule has 0 aromatic carbocycles. The summed E-state index contributed by atoms with van der Waals surface area (Å²) in [4.78, 5) is 37.5. The normalized spacial score (nSPS) is 12.1. The van der Waals surface area contributed by atoms with E-state index in [1.54, 1.807) is 0 Å². The zero-order valence-corrected chi connectivity index (χ0v) is 35.3. The van der Waals surface area contributed by atoms with Crippen LogP contribution in [0.3, 0.4) is 0 Å². The monoisotopic (exact) mass is 747 g/mol. The summed E-state index contributed by atoms with van der Waals surface area (Å²) in [5.41, 5.74) is 0. The van der Waals surface area contributed by atoms with Crippen LogP contribution >= 0.6 is 0 Å². The maximum Gasteiger partial charge on any atom is 0.306 e. The molecule has 0 amide bonds. The number of hydrogen-bond donors (Lipinski definition) is 0. The number of esters is 3. The van der Waals surface area contributed by atoms with Gasteiger partial charge in [0.25, 0.3) is 0 Å². The first kappa shape index (κ1) is 50.9. The van der Waals surface area contributed by atoms with Gasteiger partial charge in [-0.25, -0.2) is 0 Å². The number of carbonyl (C=O) groups is 3. The molecule has 0 fully saturated rings. The summed E-state index contributed by atoms with van der Waals surface area (Å²) < 4.78 is 16.6. The molecule has 6 heteroatoms. The average molecular weight is 747 g/mol. The standard InChI is InChI=1S/C47H86O6/c1-4-7-10-13-15-17-19-21-22-23-24-26-27-29-31-34-37-40-46(49)52-43-44(42-51-45(48)39-36-33-12-9-6-3)53-47(50)41-38-35-32-30-28-25-20-18-16-14-11-8-5-2/h15,17,21-22,44H,4-14,16,18-20,23-43H2,1-3H3/b17-15-,22-21-. The Bertz CT molecular complexity index is 865. The van der Waals surface area contributed by atoms with E-state index in [4.69, 9.17) is 14.2 Å². The Kier molecular flexibility index (Phi) is 40.9. The molecule has 0 rings (SSSR count). The van der Waals surface area contributed by atoms with Gasteiger partial charge in [0, 0.05) is 19.3 Å². The van der Waals surface area contributed by atoms with Crippen molar-refractivity contribution >= 4 is 17.9 Å². The van der Waals surface area contributed by atoms with Crippen LogP contribution in [-0.2, 0) is 28.6 Å². The highest BCUT2D eigenvalue weighted by atomic mass is 16.6. The topological polar surface area (TPSA) is 78.9 Å². The molecule has 0 heterocycles. The number of allylic oxidation sites excluding steroid dienone is 4. The SMILES string of the molecule is CCCCC/C=C\C/C=C\CCCCCCCCCC(=O)OCC(COC(=O)CCCCCCC)OC(=O)CCCCCCCCCCCCCCC. The molecule has 0 spiro atoms. The third-order valence-corrected chi connectivity index (χ3v) is 9.96. The highest BCUT2D eigenvalue weighted by molar-refractivity contribution is 5.71. The second-order valence-corrected chi connectivity index (χ2v) is 15.3. The van der Waals surface area contributed by atoms with Crippen molar-refractivity contribution in [2.24, 2.45) is 0 Å². The van der Waals surface area contributed by atoms with E-state index in [-0.39, 0.29) is 31.1 Å². The minimum Gasteiger partial charge on any atom is -0.462 e. The molecule has 0 aliphatic rings. The summed E-state index contributed by atoms with van der Waals surface area (Å²) in [5.74, 6) is -0.888. The molecule has 53 heavy (non-hydrogen) atoms. The lowest BCUT2D eigenvalue weighted by molar-refractivity contribution is -0.167. The molecule has 0 aliphatic carbocycles. The smallest absolute Gasteiger partial charge is 0.306 e. The van der Waals surface area contributed by atoms with Gasteiger partial charge in [-0.3, -0.25) is 14.4 Å². The summed E-state index contributed by atoms with van der Waals surface area (Å²) in [6, 6.07) is 0. The fraction of sp³-hybridized carbons (Fsp3) is 0.851. The molecule has 6 nitrogen and oxygen atoms in total. The van der Waals surface area contributed by atoms with Gasteiger partial charge in [-0.05, 0) is 51.4 Å². The summed E-state index contributed by atoms with van der Waals surface area (Å²) in [6.45, 7) is 6.53. The Hall–Kier alpha value is -2.11. The zero-order chi connectivity index (χ0) is 38.7. The number of ether oxygens (including phenoxy) is 3. The number of unbranched alkanes of at least 4 members (excludes halogenated alkanes) is 26. The predicted octanol–water partition coefficient (Wildman–Crippen LogP) is 14.4. The van der Waals surface area contributed by atoms with Gasteiger partial charge >= 0.3 is 17.9 Å². The van der Waals surface area contributed by atoms with Gasteiger partial charge in [0.05, 0.1) is 0 Å². The van der Waals surface area contributed by atoms with E-state index in [0.29, 0.717) is 19.3 Å². The van der Waals surface area contributed by atoms with E-state index in [2.05, 4.69) is 45.1 Å². The molecule has 1 unspecified atom stereocenters. The van der Waals surface area contributed by atoms with Crippen LogP contribution in [0.4, 0.5) is 0 Å². The molecule has 0 saturated carbocycles. The number of carbonyl (C=O) groups excluding carboxylic acids is 3. The van der Waals surface area contributed by atoms with Crippen molar-refractivity contribution in [2.45, 2.75) is 245 Å². The second kappa shape index (κ2) is 42.6. The van der Waals surface area contributed by atoms with Crippen molar-refractivity contribution < 1.29 is 28.6 Å². The first-order valence-electron chi connectivity index (χ1n) is 22.8. The summed E-state index contributed by atoms with van der Waals surface area (Å²) in [7, 11) is 0. The molecule has 0 aliphatic heterocycles. The largest absolute Gasteiger partial charge is 0.462 e. The van der Waals surface area contributed by atoms with Gasteiger partial charge in [-0.1, -0.05) is 193 Å². The van der Waals surface area contributed by atoms with Crippen LogP contribution in [0.2, 0.25) is 0 Å². The third-order valence-electron chi connectivity index (χ3n) is 9.96. The van der Waals surface area contributed by atoms with Crippen molar-refractivity contribution in [3.8, 4) is 0 Å². The van der Waals surface area contributed by atoms with Crippen LogP contribution in [0, 0.1) is 0 Å². The first-order chi connectivity index (χ1) is 26.0. The Morgan fingerprint density at radius 1 is 0.377 bits per heavy atom. The van der Waals surface area contributed by atoms with Crippen molar-refractivity contribution in [2.75, 3.05) is 13.2 Å². The van der Waals surface area contributed by atoms with Crippen LogP contribution in [0.15, 0.2) is 24.3 Å². The summed E-state index contributed by atoms with van der Waals surface area (Å²) >= 11 is 0. The van der Waals surface area contributed by atoms with E-state index in [0.717, 1.165) is 77.0 Å². The minimum atomic E-state index is -0.765. The lowest BCUT2D eigenvalue weighted by atomic mass is 10.0.